The normalized spacial score (nSPS) is 12.6. The Kier molecular flexibility index (Phi) is 5.47. The lowest BCUT2D eigenvalue weighted by Crippen LogP contribution is -2.17. The van der Waals surface area contributed by atoms with Gasteiger partial charge in [-0.2, -0.15) is 0 Å². The molecule has 0 N–H and O–H groups in total. The zero-order chi connectivity index (χ0) is 33.9. The summed E-state index contributed by atoms with van der Waals surface area (Å²) in [7, 11) is 0. The third-order valence-corrected chi connectivity index (χ3v) is 11.1. The lowest BCUT2D eigenvalue weighted by atomic mass is 10.1. The fraction of sp³-hybridized carbons (Fsp3) is 0. The molecule has 4 heterocycles. The molecular formula is C48H30N4. The lowest BCUT2D eigenvalue weighted by Gasteiger charge is -2.33. The fourth-order valence-corrected chi connectivity index (χ4v) is 9.06. The highest BCUT2D eigenvalue weighted by molar-refractivity contribution is 6.28. The van der Waals surface area contributed by atoms with E-state index in [0.29, 0.717) is 0 Å². The van der Waals surface area contributed by atoms with Gasteiger partial charge in [0.15, 0.2) is 0 Å². The molecule has 0 bridgehead atoms. The van der Waals surface area contributed by atoms with Crippen LogP contribution in [0.25, 0.3) is 82.5 Å². The summed E-state index contributed by atoms with van der Waals surface area (Å²) in [5, 5.41) is 7.57. The smallest absolute Gasteiger partial charge is 0.0784 e. The van der Waals surface area contributed by atoms with E-state index in [-0.39, 0.29) is 0 Å². The van der Waals surface area contributed by atoms with E-state index in [4.69, 9.17) is 0 Å². The lowest BCUT2D eigenvalue weighted by molar-refractivity contribution is 1.11. The molecule has 12 rings (SSSR count). The Bertz CT molecular complexity index is 3180. The molecule has 0 spiro atoms. The summed E-state index contributed by atoms with van der Waals surface area (Å²) in [5.41, 5.74) is 14.3. The fourth-order valence-electron chi connectivity index (χ4n) is 9.06. The van der Waals surface area contributed by atoms with Crippen molar-refractivity contribution in [3.05, 3.63) is 182 Å². The van der Waals surface area contributed by atoms with Gasteiger partial charge < -0.3 is 18.6 Å². The number of rotatable bonds is 3. The summed E-state index contributed by atoms with van der Waals surface area (Å²) in [6.07, 6.45) is 0. The highest BCUT2D eigenvalue weighted by atomic mass is 15.2. The number of para-hydroxylation sites is 7. The average Bonchev–Trinajstić information content (AvgIpc) is 3.85. The Hall–Kier alpha value is -7.04. The van der Waals surface area contributed by atoms with Crippen molar-refractivity contribution in [2.24, 2.45) is 0 Å². The van der Waals surface area contributed by atoms with Gasteiger partial charge in [-0.05, 0) is 78.9 Å². The van der Waals surface area contributed by atoms with Crippen molar-refractivity contribution in [3.63, 3.8) is 0 Å². The van der Waals surface area contributed by atoms with E-state index in [1.807, 2.05) is 0 Å². The third kappa shape index (κ3) is 3.55. The Balaban J connectivity index is 1.16. The molecule has 52 heavy (non-hydrogen) atoms. The van der Waals surface area contributed by atoms with Crippen LogP contribution >= 0.6 is 0 Å². The van der Waals surface area contributed by atoms with Crippen molar-refractivity contribution in [2.75, 3.05) is 4.90 Å². The van der Waals surface area contributed by atoms with Crippen molar-refractivity contribution in [1.29, 1.82) is 0 Å². The first kappa shape index (κ1) is 27.7. The Labute approximate surface area is 299 Å². The SMILES string of the molecule is c1ccc(N2c3ccccc3-n3c4ccc5c6ccccc6n(-c6ccc(-n7c8ccccc8c8ccccc87)cc6)c5c4c4cccc2c43)cc1. The van der Waals surface area contributed by atoms with E-state index in [1.54, 1.807) is 0 Å². The first-order valence-electron chi connectivity index (χ1n) is 17.9. The van der Waals surface area contributed by atoms with Gasteiger partial charge in [-0.3, -0.25) is 0 Å². The Morgan fingerprint density at radius 2 is 0.769 bits per heavy atom. The number of nitrogens with zero attached hydrogens (tertiary/aromatic N) is 4. The van der Waals surface area contributed by atoms with Crippen LogP contribution in [-0.2, 0) is 0 Å². The van der Waals surface area contributed by atoms with Crippen molar-refractivity contribution < 1.29 is 0 Å². The van der Waals surface area contributed by atoms with Gasteiger partial charge in [0.05, 0.1) is 50.2 Å². The van der Waals surface area contributed by atoms with E-state index in [1.165, 1.54) is 82.5 Å². The largest absolute Gasteiger partial charge is 0.309 e. The van der Waals surface area contributed by atoms with Crippen LogP contribution in [0.2, 0.25) is 0 Å². The van der Waals surface area contributed by atoms with E-state index in [9.17, 15) is 0 Å². The summed E-state index contributed by atoms with van der Waals surface area (Å²) in [5.74, 6) is 0. The molecule has 1 aliphatic heterocycles. The van der Waals surface area contributed by atoms with Crippen LogP contribution in [0.4, 0.5) is 17.1 Å². The quantitative estimate of drug-likeness (QED) is 0.184. The minimum atomic E-state index is 1.14. The second kappa shape index (κ2) is 10.3. The van der Waals surface area contributed by atoms with E-state index in [0.717, 1.165) is 17.1 Å². The number of benzene rings is 8. The van der Waals surface area contributed by atoms with Gasteiger partial charge in [0, 0.05) is 49.4 Å². The summed E-state index contributed by atoms with van der Waals surface area (Å²) in [6.45, 7) is 0. The first-order chi connectivity index (χ1) is 25.8. The molecule has 0 unspecified atom stereocenters. The maximum Gasteiger partial charge on any atom is 0.0784 e. The van der Waals surface area contributed by atoms with Crippen molar-refractivity contribution in [2.45, 2.75) is 0 Å². The molecule has 8 aromatic carbocycles. The molecule has 0 radical (unpaired) electrons. The number of aromatic nitrogens is 3. The van der Waals surface area contributed by atoms with Crippen LogP contribution < -0.4 is 4.90 Å². The predicted molar refractivity (Wildman–Crippen MR) is 218 cm³/mol. The maximum absolute atomic E-state index is 2.49. The van der Waals surface area contributed by atoms with E-state index < -0.39 is 0 Å². The van der Waals surface area contributed by atoms with Crippen molar-refractivity contribution in [3.8, 4) is 17.1 Å². The molecule has 0 atom stereocenters. The van der Waals surface area contributed by atoms with Crippen molar-refractivity contribution in [1.82, 2.24) is 13.7 Å². The molecule has 0 saturated heterocycles. The van der Waals surface area contributed by atoms with Gasteiger partial charge in [-0.15, -0.1) is 0 Å². The number of hydrogen-bond donors (Lipinski definition) is 0. The predicted octanol–water partition coefficient (Wildman–Crippen LogP) is 12.8. The second-order valence-corrected chi connectivity index (χ2v) is 13.8. The van der Waals surface area contributed by atoms with Gasteiger partial charge in [0.2, 0.25) is 0 Å². The summed E-state index contributed by atoms with van der Waals surface area (Å²) < 4.78 is 7.36. The minimum absolute atomic E-state index is 1.14. The molecule has 0 amide bonds. The van der Waals surface area contributed by atoms with Crippen molar-refractivity contribution >= 4 is 82.5 Å². The van der Waals surface area contributed by atoms with Crippen LogP contribution in [0.5, 0.6) is 0 Å². The Morgan fingerprint density at radius 1 is 0.250 bits per heavy atom. The van der Waals surface area contributed by atoms with Gasteiger partial charge in [0.1, 0.15) is 0 Å². The summed E-state index contributed by atoms with van der Waals surface area (Å²) >= 11 is 0. The second-order valence-electron chi connectivity index (χ2n) is 13.8. The third-order valence-electron chi connectivity index (χ3n) is 11.1. The average molecular weight is 663 g/mol. The van der Waals surface area contributed by atoms with Gasteiger partial charge >= 0.3 is 0 Å². The molecular weight excluding hydrogens is 633 g/mol. The zero-order valence-electron chi connectivity index (χ0n) is 28.1. The zero-order valence-corrected chi connectivity index (χ0v) is 28.1. The molecule has 4 heteroatoms. The maximum atomic E-state index is 2.49. The monoisotopic (exact) mass is 662 g/mol. The molecule has 4 nitrogen and oxygen atoms in total. The van der Waals surface area contributed by atoms with Crippen LogP contribution in [0.1, 0.15) is 0 Å². The standard InChI is InChI=1S/C48H30N4/c1-2-13-31(14-3-1)50-42-22-10-11-23-43(42)52-44-30-29-37-36-17-6-9-21-41(36)51(48(37)46(44)38-18-12-24-45(50)47(38)52)33-27-25-32(26-28-33)49-39-19-7-4-15-34(39)35-16-5-8-20-40(35)49/h1-30H. The number of anilines is 3. The van der Waals surface area contributed by atoms with Crippen LogP contribution in [0.3, 0.4) is 0 Å². The summed E-state index contributed by atoms with van der Waals surface area (Å²) in [4.78, 5) is 2.41. The molecule has 3 aromatic heterocycles. The molecule has 11 aromatic rings. The van der Waals surface area contributed by atoms with E-state index >= 15 is 0 Å². The Morgan fingerprint density at radius 3 is 1.46 bits per heavy atom. The number of hydrogen-bond acceptors (Lipinski definition) is 1. The molecule has 0 fully saturated rings. The van der Waals surface area contributed by atoms with Gasteiger partial charge in [-0.25, -0.2) is 0 Å². The highest BCUT2D eigenvalue weighted by Gasteiger charge is 2.30. The van der Waals surface area contributed by atoms with Crippen LogP contribution in [0, 0.1) is 0 Å². The topological polar surface area (TPSA) is 18.0 Å². The van der Waals surface area contributed by atoms with Gasteiger partial charge in [0.25, 0.3) is 0 Å². The van der Waals surface area contributed by atoms with Gasteiger partial charge in [-0.1, -0.05) is 103 Å². The minimum Gasteiger partial charge on any atom is -0.309 e. The molecule has 242 valence electrons. The number of fused-ring (bicyclic) bond motifs is 12. The molecule has 0 saturated carbocycles. The highest BCUT2D eigenvalue weighted by Crippen LogP contribution is 2.51. The first-order valence-corrected chi connectivity index (χ1v) is 17.9. The molecule has 1 aliphatic rings. The van der Waals surface area contributed by atoms with E-state index in [2.05, 4.69) is 201 Å². The summed E-state index contributed by atoms with van der Waals surface area (Å²) in [6, 6.07) is 66.4. The molecule has 0 aliphatic carbocycles. The van der Waals surface area contributed by atoms with Crippen LogP contribution in [0.15, 0.2) is 182 Å². The van der Waals surface area contributed by atoms with Crippen LogP contribution in [-0.4, -0.2) is 13.7 Å².